The van der Waals surface area contributed by atoms with Gasteiger partial charge in [-0.3, -0.25) is 0 Å². The van der Waals surface area contributed by atoms with Gasteiger partial charge in [-0.2, -0.15) is 0 Å². The average molecular weight is 287 g/mol. The van der Waals surface area contributed by atoms with Crippen molar-refractivity contribution in [1.29, 1.82) is 0 Å². The number of aryl methyl sites for hydroxylation is 1. The van der Waals surface area contributed by atoms with Gasteiger partial charge in [0.05, 0.1) is 5.56 Å². The summed E-state index contributed by atoms with van der Waals surface area (Å²) in [6.45, 7) is 0.142. The van der Waals surface area contributed by atoms with Crippen LogP contribution in [0.15, 0.2) is 30.7 Å². The highest BCUT2D eigenvalue weighted by Crippen LogP contribution is 2.24. The maximum Gasteiger partial charge on any atom is 0.338 e. The summed E-state index contributed by atoms with van der Waals surface area (Å²) >= 11 is 0. The Morgan fingerprint density at radius 3 is 2.90 bits per heavy atom. The van der Waals surface area contributed by atoms with E-state index in [4.69, 9.17) is 9.47 Å². The van der Waals surface area contributed by atoms with E-state index in [1.165, 1.54) is 6.42 Å². The second-order valence-corrected chi connectivity index (χ2v) is 5.08. The molecule has 2 heterocycles. The summed E-state index contributed by atoms with van der Waals surface area (Å²) in [5.41, 5.74) is 0.438. The first kappa shape index (κ1) is 13.6. The lowest BCUT2D eigenvalue weighted by Gasteiger charge is -2.25. The Bertz CT molecular complexity index is 635. The number of carbonyl (C=O) groups is 1. The number of ether oxygens (including phenoxy) is 2. The lowest BCUT2D eigenvalue weighted by Crippen LogP contribution is -2.25. The first-order valence-corrected chi connectivity index (χ1v) is 6.98. The molecular weight excluding hydrogens is 270 g/mol. The normalized spacial score (nSPS) is 14.5. The van der Waals surface area contributed by atoms with Crippen molar-refractivity contribution in [2.24, 2.45) is 7.05 Å². The largest absolute Gasteiger partial charge is 0.474 e. The van der Waals surface area contributed by atoms with Gasteiger partial charge in [-0.1, -0.05) is 0 Å². The Kier molecular flexibility index (Phi) is 3.85. The summed E-state index contributed by atoms with van der Waals surface area (Å²) in [6, 6.07) is 3.24. The fraction of sp³-hybridized carbons (Fsp3) is 0.400. The zero-order chi connectivity index (χ0) is 14.7. The number of esters is 1. The Labute approximate surface area is 122 Å². The second-order valence-electron chi connectivity index (χ2n) is 5.08. The molecule has 0 N–H and O–H groups in total. The number of aromatic nitrogens is 3. The summed E-state index contributed by atoms with van der Waals surface area (Å²) in [5.74, 6) is 0.772. The van der Waals surface area contributed by atoms with E-state index in [-0.39, 0.29) is 12.7 Å². The molecule has 0 aromatic carbocycles. The summed E-state index contributed by atoms with van der Waals surface area (Å²) in [5, 5.41) is 0. The zero-order valence-corrected chi connectivity index (χ0v) is 11.9. The van der Waals surface area contributed by atoms with Crippen LogP contribution in [0, 0.1) is 0 Å². The van der Waals surface area contributed by atoms with Crippen molar-refractivity contribution in [3.8, 4) is 5.88 Å². The van der Waals surface area contributed by atoms with Crippen molar-refractivity contribution in [3.63, 3.8) is 0 Å². The Morgan fingerprint density at radius 2 is 2.24 bits per heavy atom. The molecule has 2 aromatic rings. The van der Waals surface area contributed by atoms with Gasteiger partial charge in [0.15, 0.2) is 0 Å². The number of imidazole rings is 1. The Balaban J connectivity index is 1.61. The van der Waals surface area contributed by atoms with Gasteiger partial charge in [-0.05, 0) is 25.3 Å². The van der Waals surface area contributed by atoms with E-state index in [9.17, 15) is 4.79 Å². The molecule has 21 heavy (non-hydrogen) atoms. The van der Waals surface area contributed by atoms with Crippen LogP contribution in [0.4, 0.5) is 0 Å². The summed E-state index contributed by atoms with van der Waals surface area (Å²) in [4.78, 5) is 20.3. The molecule has 2 aromatic heterocycles. The topological polar surface area (TPSA) is 66.2 Å². The summed E-state index contributed by atoms with van der Waals surface area (Å²) in [7, 11) is 1.85. The first-order valence-electron chi connectivity index (χ1n) is 6.98. The van der Waals surface area contributed by atoms with Crippen molar-refractivity contribution in [1.82, 2.24) is 14.5 Å². The smallest absolute Gasteiger partial charge is 0.338 e. The van der Waals surface area contributed by atoms with Crippen molar-refractivity contribution >= 4 is 5.97 Å². The minimum Gasteiger partial charge on any atom is -0.474 e. The third kappa shape index (κ3) is 3.21. The van der Waals surface area contributed by atoms with Gasteiger partial charge in [-0.25, -0.2) is 14.8 Å². The van der Waals surface area contributed by atoms with Crippen molar-refractivity contribution in [2.75, 3.05) is 0 Å². The van der Waals surface area contributed by atoms with E-state index >= 15 is 0 Å². The van der Waals surface area contributed by atoms with Gasteiger partial charge >= 0.3 is 5.97 Å². The lowest BCUT2D eigenvalue weighted by molar-refractivity contribution is 0.0457. The molecule has 0 spiro atoms. The van der Waals surface area contributed by atoms with Crippen molar-refractivity contribution < 1.29 is 14.3 Å². The van der Waals surface area contributed by atoms with Crippen LogP contribution in [0.5, 0.6) is 5.88 Å². The molecule has 1 aliphatic carbocycles. The van der Waals surface area contributed by atoms with Gasteiger partial charge in [0.1, 0.15) is 18.5 Å². The number of rotatable bonds is 5. The minimum atomic E-state index is -0.404. The van der Waals surface area contributed by atoms with Crippen LogP contribution in [0.2, 0.25) is 0 Å². The van der Waals surface area contributed by atoms with Crippen LogP contribution in [-0.2, 0) is 18.4 Å². The van der Waals surface area contributed by atoms with Gasteiger partial charge in [0, 0.05) is 31.7 Å². The molecule has 1 aliphatic rings. The van der Waals surface area contributed by atoms with Gasteiger partial charge < -0.3 is 14.0 Å². The van der Waals surface area contributed by atoms with Crippen molar-refractivity contribution in [3.05, 3.63) is 42.1 Å². The third-order valence-electron chi connectivity index (χ3n) is 3.56. The van der Waals surface area contributed by atoms with Crippen LogP contribution >= 0.6 is 0 Å². The molecule has 6 nitrogen and oxygen atoms in total. The molecule has 1 fully saturated rings. The average Bonchev–Trinajstić information content (AvgIpc) is 2.86. The van der Waals surface area contributed by atoms with Crippen LogP contribution in [0.3, 0.4) is 0 Å². The highest BCUT2D eigenvalue weighted by Gasteiger charge is 2.20. The fourth-order valence-electron chi connectivity index (χ4n) is 2.01. The molecule has 0 unspecified atom stereocenters. The zero-order valence-electron chi connectivity index (χ0n) is 11.9. The van der Waals surface area contributed by atoms with E-state index in [1.54, 1.807) is 30.7 Å². The number of hydrogen-bond donors (Lipinski definition) is 0. The number of hydrogen-bond acceptors (Lipinski definition) is 5. The van der Waals surface area contributed by atoms with Crippen molar-refractivity contribution in [2.45, 2.75) is 32.0 Å². The predicted octanol–water partition coefficient (Wildman–Crippen LogP) is 2.10. The van der Waals surface area contributed by atoms with Crippen LogP contribution < -0.4 is 4.74 Å². The molecule has 0 atom stereocenters. The standard InChI is InChI=1S/C15H17N3O3/c1-18-8-7-16-13(18)10-20-15(19)11-5-6-17-14(9-11)21-12-3-2-4-12/h5-9,12H,2-4,10H2,1H3. The van der Waals surface area contributed by atoms with E-state index in [0.29, 0.717) is 17.3 Å². The van der Waals surface area contributed by atoms with E-state index in [2.05, 4.69) is 9.97 Å². The van der Waals surface area contributed by atoms with E-state index in [0.717, 1.165) is 12.8 Å². The number of carbonyl (C=O) groups excluding carboxylic acids is 1. The summed E-state index contributed by atoms with van der Waals surface area (Å²) in [6.07, 6.45) is 8.56. The molecule has 110 valence electrons. The minimum absolute atomic E-state index is 0.142. The molecule has 3 rings (SSSR count). The molecule has 0 bridgehead atoms. The second kappa shape index (κ2) is 5.95. The highest BCUT2D eigenvalue weighted by molar-refractivity contribution is 5.89. The summed E-state index contributed by atoms with van der Waals surface area (Å²) < 4.78 is 12.7. The maximum atomic E-state index is 12.0. The Hall–Kier alpha value is -2.37. The molecular formula is C15H17N3O3. The maximum absolute atomic E-state index is 12.0. The van der Waals surface area contributed by atoms with Crippen LogP contribution in [0.25, 0.3) is 0 Å². The lowest BCUT2D eigenvalue weighted by atomic mass is 9.96. The molecule has 6 heteroatoms. The van der Waals surface area contributed by atoms with Crippen LogP contribution in [0.1, 0.15) is 35.4 Å². The number of nitrogens with zero attached hydrogens (tertiary/aromatic N) is 3. The monoisotopic (exact) mass is 287 g/mol. The van der Waals surface area contributed by atoms with Gasteiger partial charge in [-0.15, -0.1) is 0 Å². The van der Waals surface area contributed by atoms with E-state index in [1.807, 2.05) is 11.6 Å². The number of pyridine rings is 1. The highest BCUT2D eigenvalue weighted by atomic mass is 16.5. The SMILES string of the molecule is Cn1ccnc1COC(=O)c1ccnc(OC2CCC2)c1. The molecule has 0 radical (unpaired) electrons. The quantitative estimate of drug-likeness (QED) is 0.788. The fourth-order valence-corrected chi connectivity index (χ4v) is 2.01. The van der Waals surface area contributed by atoms with Gasteiger partial charge in [0.25, 0.3) is 0 Å². The first-order chi connectivity index (χ1) is 10.2. The van der Waals surface area contributed by atoms with E-state index < -0.39 is 5.97 Å². The molecule has 1 saturated carbocycles. The van der Waals surface area contributed by atoms with Gasteiger partial charge in [0.2, 0.25) is 5.88 Å². The molecule has 0 aliphatic heterocycles. The molecule has 0 saturated heterocycles. The van der Waals surface area contributed by atoms with Crippen LogP contribution in [-0.4, -0.2) is 26.6 Å². The Morgan fingerprint density at radius 1 is 1.38 bits per heavy atom. The third-order valence-corrected chi connectivity index (χ3v) is 3.56. The molecule has 0 amide bonds. The predicted molar refractivity (Wildman–Crippen MR) is 74.8 cm³/mol.